The number of aliphatic carboxylic acids is 2. The maximum atomic E-state index is 10.6. The van der Waals surface area contributed by atoms with Crippen molar-refractivity contribution in [2.75, 3.05) is 32.8 Å². The molecule has 3 atom stereocenters. The first-order valence-corrected chi connectivity index (χ1v) is 7.59. The molecule has 0 radical (unpaired) electrons. The van der Waals surface area contributed by atoms with E-state index < -0.39 is 36.4 Å². The predicted molar refractivity (Wildman–Crippen MR) is 80.6 cm³/mol. The Morgan fingerprint density at radius 3 is 1.71 bits per heavy atom. The van der Waals surface area contributed by atoms with E-state index in [9.17, 15) is 19.8 Å². The standard InChI is InChI=1S/C10H19NO4.C4H12N2O2.Pt/c1-3-11(4-2)6-5-8(10(14)15)7-9(12)13;5-3(1-7)4(6)2-8;/h8H,3-7H2,1-2H3,(H,12,13)(H,14,15);3-4,7-8H,1-2,5-6H2;/q;;+2/p-2. The van der Waals surface area contributed by atoms with Crippen molar-refractivity contribution in [3.05, 3.63) is 0 Å². The molecule has 6 N–H and O–H groups in total. The summed E-state index contributed by atoms with van der Waals surface area (Å²) < 4.78 is 0. The van der Waals surface area contributed by atoms with Gasteiger partial charge in [0.2, 0.25) is 0 Å². The van der Waals surface area contributed by atoms with Crippen molar-refractivity contribution in [3.8, 4) is 0 Å². The Labute approximate surface area is 157 Å². The first kappa shape index (κ1) is 28.2. The van der Waals surface area contributed by atoms with E-state index in [0.717, 1.165) is 13.1 Å². The molecule has 0 bridgehead atoms. The van der Waals surface area contributed by atoms with E-state index in [0.29, 0.717) is 6.54 Å². The summed E-state index contributed by atoms with van der Waals surface area (Å²) in [6.07, 6.45) is -0.179. The molecular weight excluding hydrogens is 501 g/mol. The molecule has 9 nitrogen and oxygen atoms in total. The van der Waals surface area contributed by atoms with Gasteiger partial charge in [0, 0.05) is 29.9 Å². The second kappa shape index (κ2) is 17.3. The van der Waals surface area contributed by atoms with Gasteiger partial charge in [0.15, 0.2) is 0 Å². The molecule has 146 valence electrons. The fraction of sp³-hybridized carbons (Fsp3) is 0.857. The Bertz CT molecular complexity index is 324. The number of aliphatic hydroxyl groups excluding tert-OH is 2. The largest absolute Gasteiger partial charge is 2.00 e. The summed E-state index contributed by atoms with van der Waals surface area (Å²) in [7, 11) is 0. The summed E-state index contributed by atoms with van der Waals surface area (Å²) in [6, 6.07) is -1.00. The van der Waals surface area contributed by atoms with E-state index in [4.69, 9.17) is 21.7 Å². The molecule has 3 unspecified atom stereocenters. The van der Waals surface area contributed by atoms with E-state index in [1.165, 1.54) is 0 Å². The summed E-state index contributed by atoms with van der Waals surface area (Å²) in [5.74, 6) is -3.61. The number of carbonyl (C=O) groups is 2. The van der Waals surface area contributed by atoms with Crippen molar-refractivity contribution in [2.45, 2.75) is 38.8 Å². The normalized spacial score (nSPS) is 14.0. The number of nitrogens with zero attached hydrogens (tertiary/aromatic N) is 1. The molecule has 0 heterocycles. The topological polar surface area (TPSA) is 176 Å². The molecule has 24 heavy (non-hydrogen) atoms. The average Bonchev–Trinajstić information content (AvgIpc) is 2.53. The molecule has 0 aliphatic heterocycles. The SMILES string of the molecule is CCN(CC)CCC(CC(=O)[O-])C(=O)[O-].NC(CO)C(N)CO.[Pt+2]. The maximum Gasteiger partial charge on any atom is 2.00 e. The summed E-state index contributed by atoms with van der Waals surface area (Å²) in [5.41, 5.74) is 10.4. The van der Waals surface area contributed by atoms with Crippen molar-refractivity contribution < 1.29 is 51.1 Å². The number of aliphatic hydroxyl groups is 2. The summed E-state index contributed by atoms with van der Waals surface area (Å²) in [5, 5.41) is 37.5. The molecule has 0 saturated carbocycles. The molecule has 0 spiro atoms. The van der Waals surface area contributed by atoms with Crippen LogP contribution in [0.25, 0.3) is 0 Å². The first-order chi connectivity index (χ1) is 10.7. The van der Waals surface area contributed by atoms with E-state index in [1.807, 2.05) is 18.7 Å². The van der Waals surface area contributed by atoms with Gasteiger partial charge in [-0.2, -0.15) is 0 Å². The molecule has 0 amide bonds. The van der Waals surface area contributed by atoms with Crippen molar-refractivity contribution >= 4 is 11.9 Å². The van der Waals surface area contributed by atoms with Gasteiger partial charge < -0.3 is 46.4 Å². The summed E-state index contributed by atoms with van der Waals surface area (Å²) in [6.45, 7) is 5.79. The number of nitrogens with two attached hydrogens (primary N) is 2. The number of hydrogen-bond acceptors (Lipinski definition) is 9. The minimum atomic E-state index is -1.34. The number of carboxylic acids is 2. The molecular formula is C14H29N3O6Pt. The third kappa shape index (κ3) is 15.0. The van der Waals surface area contributed by atoms with Crippen molar-refractivity contribution in [1.82, 2.24) is 4.90 Å². The minimum absolute atomic E-state index is 0. The van der Waals surface area contributed by atoms with Crippen molar-refractivity contribution in [1.29, 1.82) is 0 Å². The van der Waals surface area contributed by atoms with E-state index >= 15 is 0 Å². The van der Waals surface area contributed by atoms with Crippen LogP contribution in [0.3, 0.4) is 0 Å². The van der Waals surface area contributed by atoms with Crippen LogP contribution in [0.4, 0.5) is 0 Å². The van der Waals surface area contributed by atoms with Gasteiger partial charge in [-0.3, -0.25) is 0 Å². The van der Waals surface area contributed by atoms with Crippen LogP contribution in [0.15, 0.2) is 0 Å². The molecule has 0 fully saturated rings. The number of rotatable bonds is 11. The molecule has 0 aliphatic carbocycles. The quantitative estimate of drug-likeness (QED) is 0.207. The third-order valence-electron chi connectivity index (χ3n) is 3.41. The smallest absolute Gasteiger partial charge is 0.550 e. The number of hydrogen-bond donors (Lipinski definition) is 4. The zero-order valence-electron chi connectivity index (χ0n) is 14.1. The summed E-state index contributed by atoms with van der Waals surface area (Å²) in [4.78, 5) is 22.9. The molecule has 10 heteroatoms. The second-order valence-electron chi connectivity index (χ2n) is 5.10. The summed E-state index contributed by atoms with van der Waals surface area (Å²) >= 11 is 0. The van der Waals surface area contributed by atoms with Crippen LogP contribution in [0.1, 0.15) is 26.7 Å². The monoisotopic (exact) mass is 530 g/mol. The van der Waals surface area contributed by atoms with E-state index in [1.54, 1.807) is 0 Å². The molecule has 0 rings (SSSR count). The average molecular weight is 530 g/mol. The van der Waals surface area contributed by atoms with Gasteiger partial charge in [-0.15, -0.1) is 0 Å². The molecule has 0 aromatic heterocycles. The van der Waals surface area contributed by atoms with E-state index in [2.05, 4.69) is 0 Å². The van der Waals surface area contributed by atoms with Gasteiger partial charge in [-0.25, -0.2) is 0 Å². The molecule has 0 aromatic carbocycles. The maximum absolute atomic E-state index is 10.6. The zero-order chi connectivity index (χ0) is 18.4. The van der Waals surface area contributed by atoms with Crippen molar-refractivity contribution in [2.24, 2.45) is 17.4 Å². The first-order valence-electron chi connectivity index (χ1n) is 7.59. The van der Waals surface area contributed by atoms with Crippen LogP contribution in [0.5, 0.6) is 0 Å². The Morgan fingerprint density at radius 1 is 1.04 bits per heavy atom. The Hall–Kier alpha value is -0.572. The van der Waals surface area contributed by atoms with Gasteiger partial charge in [0.05, 0.1) is 13.2 Å². The van der Waals surface area contributed by atoms with Gasteiger partial charge in [-0.1, -0.05) is 13.8 Å². The zero-order valence-corrected chi connectivity index (χ0v) is 16.4. The van der Waals surface area contributed by atoms with Crippen LogP contribution < -0.4 is 21.7 Å². The predicted octanol–water partition coefficient (Wildman–Crippen LogP) is -4.15. The fourth-order valence-electron chi connectivity index (χ4n) is 1.65. The van der Waals surface area contributed by atoms with Gasteiger partial charge >= 0.3 is 21.1 Å². The van der Waals surface area contributed by atoms with Crippen LogP contribution >= 0.6 is 0 Å². The Balaban J connectivity index is -0.000000419. The number of carboxylic acid groups (broad SMARTS) is 2. The minimum Gasteiger partial charge on any atom is -0.550 e. The van der Waals surface area contributed by atoms with Gasteiger partial charge in [0.25, 0.3) is 0 Å². The number of carbonyl (C=O) groups excluding carboxylic acids is 2. The van der Waals surface area contributed by atoms with Gasteiger partial charge in [-0.05, 0) is 32.5 Å². The van der Waals surface area contributed by atoms with Crippen LogP contribution in [0.2, 0.25) is 0 Å². The van der Waals surface area contributed by atoms with Crippen LogP contribution in [-0.4, -0.2) is 72.0 Å². The third-order valence-corrected chi connectivity index (χ3v) is 3.41. The molecule has 0 aromatic rings. The van der Waals surface area contributed by atoms with Gasteiger partial charge in [0.1, 0.15) is 0 Å². The fourth-order valence-corrected chi connectivity index (χ4v) is 1.65. The molecule has 0 saturated heterocycles. The van der Waals surface area contributed by atoms with E-state index in [-0.39, 0.29) is 40.7 Å². The Kier molecular flexibility index (Phi) is 20.3. The van der Waals surface area contributed by atoms with Crippen LogP contribution in [0, 0.1) is 5.92 Å². The molecule has 0 aliphatic rings. The van der Waals surface area contributed by atoms with Crippen molar-refractivity contribution in [3.63, 3.8) is 0 Å². The second-order valence-corrected chi connectivity index (χ2v) is 5.10. The Morgan fingerprint density at radius 2 is 1.46 bits per heavy atom. The van der Waals surface area contributed by atoms with Crippen LogP contribution in [-0.2, 0) is 30.7 Å².